The lowest BCUT2D eigenvalue weighted by atomic mass is 9.58. The third-order valence-corrected chi connectivity index (χ3v) is 9.17. The van der Waals surface area contributed by atoms with Crippen molar-refractivity contribution in [2.75, 3.05) is 4.90 Å². The Morgan fingerprint density at radius 1 is 1.09 bits per heavy atom. The SMILES string of the molecule is CCC1=C2[C@@H](CC/C(C)=C/c3ccc(O)c4ccccc34)OB(O)C[C@@H]2[C@@H]2C(=O)N(c3cccc([N+](=O)[O-])c3)C(=O)[C@@H]2C1. The first kappa shape index (κ1) is 28.8. The number of nitrogens with zero attached hydrogens (tertiary/aromatic N) is 2. The maximum Gasteiger partial charge on any atom is 0.455 e. The van der Waals surface area contributed by atoms with Crippen LogP contribution in [0.5, 0.6) is 5.75 Å². The molecule has 2 amide bonds. The second-order valence-corrected chi connectivity index (χ2v) is 11.7. The third-order valence-electron chi connectivity index (χ3n) is 9.17. The van der Waals surface area contributed by atoms with E-state index in [-0.39, 0.29) is 41.2 Å². The van der Waals surface area contributed by atoms with Crippen LogP contribution in [0.2, 0.25) is 6.32 Å². The van der Waals surface area contributed by atoms with E-state index in [1.807, 2.05) is 44.2 Å². The van der Waals surface area contributed by atoms with Gasteiger partial charge in [-0.3, -0.25) is 19.7 Å². The molecule has 4 atom stereocenters. The zero-order chi connectivity index (χ0) is 30.4. The van der Waals surface area contributed by atoms with Crippen LogP contribution >= 0.6 is 0 Å². The standard InChI is InChI=1S/C33H33BN2O7/c1-3-20-16-26-31(33(39)35(32(26)38)22-7-6-8-23(17-22)36(41)42)27-18-34(40)43-29(30(20)27)14-11-19(2)15-21-12-13-28(37)25-10-5-4-9-24(21)25/h4-10,12-13,15,17,26-27,29,31,37,40H,3,11,14,16,18H2,1-2H3/b19-15+/t26-,27+,29-,31-/m1/s1. The molecule has 10 heteroatoms. The van der Waals surface area contributed by atoms with Gasteiger partial charge in [-0.15, -0.1) is 0 Å². The summed E-state index contributed by atoms with van der Waals surface area (Å²) in [6.45, 7) is 4.07. The molecule has 3 aliphatic rings. The van der Waals surface area contributed by atoms with Gasteiger partial charge in [-0.2, -0.15) is 0 Å². The number of carbonyl (C=O) groups is 2. The topological polar surface area (TPSA) is 130 Å². The molecule has 0 radical (unpaired) electrons. The van der Waals surface area contributed by atoms with Crippen LogP contribution in [-0.2, 0) is 14.2 Å². The Labute approximate surface area is 249 Å². The summed E-state index contributed by atoms with van der Waals surface area (Å²) < 4.78 is 6.09. The summed E-state index contributed by atoms with van der Waals surface area (Å²) >= 11 is 0. The first-order valence-electron chi connectivity index (χ1n) is 14.7. The van der Waals surface area contributed by atoms with Crippen molar-refractivity contribution in [3.05, 3.63) is 93.1 Å². The minimum atomic E-state index is -1.07. The van der Waals surface area contributed by atoms with Crippen LogP contribution in [-0.4, -0.2) is 40.1 Å². The van der Waals surface area contributed by atoms with Crippen molar-refractivity contribution in [3.8, 4) is 5.75 Å². The summed E-state index contributed by atoms with van der Waals surface area (Å²) in [4.78, 5) is 39.4. The van der Waals surface area contributed by atoms with Gasteiger partial charge in [0.25, 0.3) is 5.69 Å². The number of benzene rings is 3. The number of aromatic hydroxyl groups is 1. The van der Waals surface area contributed by atoms with Gasteiger partial charge in [0.15, 0.2) is 0 Å². The van der Waals surface area contributed by atoms with Gasteiger partial charge in [0.05, 0.1) is 28.6 Å². The van der Waals surface area contributed by atoms with Crippen molar-refractivity contribution in [1.29, 1.82) is 0 Å². The Kier molecular flexibility index (Phi) is 7.66. The maximum absolute atomic E-state index is 13.9. The van der Waals surface area contributed by atoms with Gasteiger partial charge in [0, 0.05) is 17.5 Å². The fourth-order valence-corrected chi connectivity index (χ4v) is 7.23. The number of allylic oxidation sites excluding steroid dienone is 2. The highest BCUT2D eigenvalue weighted by Crippen LogP contribution is 2.52. The molecule has 43 heavy (non-hydrogen) atoms. The highest BCUT2D eigenvalue weighted by Gasteiger charge is 2.57. The molecule has 9 nitrogen and oxygen atoms in total. The molecule has 0 bridgehead atoms. The van der Waals surface area contributed by atoms with E-state index in [4.69, 9.17) is 4.65 Å². The average Bonchev–Trinajstić information content (AvgIpc) is 3.26. The zero-order valence-electron chi connectivity index (χ0n) is 24.1. The van der Waals surface area contributed by atoms with E-state index >= 15 is 0 Å². The number of amides is 2. The molecule has 0 spiro atoms. The number of carbonyl (C=O) groups excluding carboxylic acids is 2. The van der Waals surface area contributed by atoms with Crippen LogP contribution in [0.1, 0.15) is 45.1 Å². The number of phenolic OH excluding ortho intramolecular Hbond substituents is 1. The molecule has 2 aliphatic heterocycles. The molecule has 2 N–H and O–H groups in total. The summed E-state index contributed by atoms with van der Waals surface area (Å²) in [6, 6.07) is 16.9. The van der Waals surface area contributed by atoms with Crippen LogP contribution in [0.3, 0.4) is 0 Å². The van der Waals surface area contributed by atoms with Crippen molar-refractivity contribution in [1.82, 2.24) is 0 Å². The van der Waals surface area contributed by atoms with Crippen molar-refractivity contribution < 1.29 is 29.3 Å². The quantitative estimate of drug-likeness (QED) is 0.114. The van der Waals surface area contributed by atoms with Crippen LogP contribution in [0.25, 0.3) is 16.8 Å². The molecule has 220 valence electrons. The predicted molar refractivity (Wildman–Crippen MR) is 164 cm³/mol. The van der Waals surface area contributed by atoms with Crippen molar-refractivity contribution in [2.45, 2.75) is 52.0 Å². The van der Waals surface area contributed by atoms with Crippen molar-refractivity contribution in [2.24, 2.45) is 17.8 Å². The number of phenols is 1. The van der Waals surface area contributed by atoms with E-state index in [0.29, 0.717) is 25.7 Å². The number of non-ortho nitro benzene ring substituents is 1. The summed E-state index contributed by atoms with van der Waals surface area (Å²) in [7, 11) is -1.07. The lowest BCUT2D eigenvalue weighted by Gasteiger charge is -2.43. The van der Waals surface area contributed by atoms with Crippen LogP contribution in [0, 0.1) is 27.9 Å². The van der Waals surface area contributed by atoms with Gasteiger partial charge in [-0.1, -0.05) is 60.5 Å². The Balaban J connectivity index is 1.27. The van der Waals surface area contributed by atoms with Gasteiger partial charge in [-0.05, 0) is 73.5 Å². The van der Waals surface area contributed by atoms with Crippen molar-refractivity contribution in [3.63, 3.8) is 0 Å². The number of nitro groups is 1. The molecule has 6 rings (SSSR count). The average molecular weight is 580 g/mol. The van der Waals surface area contributed by atoms with Gasteiger partial charge >= 0.3 is 7.12 Å². The molecular formula is C33H33BN2O7. The van der Waals surface area contributed by atoms with E-state index < -0.39 is 30.0 Å². The summed E-state index contributed by atoms with van der Waals surface area (Å²) in [5.74, 6) is -2.08. The normalized spacial score (nSPS) is 24.0. The Morgan fingerprint density at radius 3 is 2.60 bits per heavy atom. The van der Waals surface area contributed by atoms with Gasteiger partial charge in [0.1, 0.15) is 5.75 Å². The molecule has 3 aromatic carbocycles. The molecule has 2 heterocycles. The van der Waals surface area contributed by atoms with E-state index in [1.54, 1.807) is 12.1 Å². The first-order chi connectivity index (χ1) is 20.7. The second-order valence-electron chi connectivity index (χ2n) is 11.7. The second kappa shape index (κ2) is 11.4. The lowest BCUT2D eigenvalue weighted by molar-refractivity contribution is -0.384. The minimum Gasteiger partial charge on any atom is -0.507 e. The number of nitro benzene ring substituents is 1. The van der Waals surface area contributed by atoms with Crippen LogP contribution in [0.15, 0.2) is 77.4 Å². The van der Waals surface area contributed by atoms with E-state index in [9.17, 15) is 29.8 Å². The smallest absolute Gasteiger partial charge is 0.455 e. The van der Waals surface area contributed by atoms with Crippen LogP contribution in [0.4, 0.5) is 11.4 Å². The fourth-order valence-electron chi connectivity index (χ4n) is 7.23. The molecule has 0 unspecified atom stereocenters. The third kappa shape index (κ3) is 5.15. The molecule has 0 saturated carbocycles. The molecular weight excluding hydrogens is 547 g/mol. The lowest BCUT2D eigenvalue weighted by Crippen LogP contribution is -2.46. The largest absolute Gasteiger partial charge is 0.507 e. The number of anilines is 1. The number of imide groups is 1. The van der Waals surface area contributed by atoms with Crippen LogP contribution < -0.4 is 4.90 Å². The summed E-state index contributed by atoms with van der Waals surface area (Å²) in [5.41, 5.74) is 4.21. The summed E-state index contributed by atoms with van der Waals surface area (Å²) in [5, 5.41) is 34.2. The Bertz CT molecular complexity index is 1700. The molecule has 3 aromatic rings. The van der Waals surface area contributed by atoms with Gasteiger partial charge in [-0.25, -0.2) is 4.90 Å². The number of hydrogen-bond acceptors (Lipinski definition) is 7. The van der Waals surface area contributed by atoms with Gasteiger partial charge < -0.3 is 14.8 Å². The zero-order valence-corrected chi connectivity index (χ0v) is 24.1. The molecule has 2 fully saturated rings. The number of rotatable bonds is 7. The number of fused-ring (bicyclic) bond motifs is 4. The Morgan fingerprint density at radius 2 is 1.86 bits per heavy atom. The number of hydrogen-bond donors (Lipinski definition) is 2. The Hall–Kier alpha value is -4.28. The molecule has 0 aromatic heterocycles. The molecule has 2 saturated heterocycles. The fraction of sp³-hybridized carbons (Fsp3) is 0.333. The highest BCUT2D eigenvalue weighted by atomic mass is 16.6. The van der Waals surface area contributed by atoms with Gasteiger partial charge in [0.2, 0.25) is 11.8 Å². The predicted octanol–water partition coefficient (Wildman–Crippen LogP) is 6.05. The van der Waals surface area contributed by atoms with E-state index in [1.165, 1.54) is 18.2 Å². The molecule has 1 aliphatic carbocycles. The monoisotopic (exact) mass is 580 g/mol. The van der Waals surface area contributed by atoms with E-state index in [0.717, 1.165) is 38.0 Å². The van der Waals surface area contributed by atoms with Crippen molar-refractivity contribution >= 4 is 47.2 Å². The minimum absolute atomic E-state index is 0.189. The maximum atomic E-state index is 13.9. The summed E-state index contributed by atoms with van der Waals surface area (Å²) in [6.07, 6.45) is 4.30. The highest BCUT2D eigenvalue weighted by molar-refractivity contribution is 6.43. The first-order valence-corrected chi connectivity index (χ1v) is 14.7. The van der Waals surface area contributed by atoms with E-state index in [2.05, 4.69) is 6.08 Å².